The lowest BCUT2D eigenvalue weighted by molar-refractivity contribution is -0.121. The summed E-state index contributed by atoms with van der Waals surface area (Å²) in [4.78, 5) is 35.1. The molecule has 1 N–H and O–H groups in total. The molecule has 1 spiro atoms. The minimum atomic E-state index is -0.0308. The quantitative estimate of drug-likeness (QED) is 0.534. The Labute approximate surface area is 225 Å². The largest absolute Gasteiger partial charge is 0.371 e. The number of nitrogens with one attached hydrogen (secondary N) is 1. The molecule has 2 fully saturated rings. The van der Waals surface area contributed by atoms with Gasteiger partial charge in [-0.3, -0.25) is 14.6 Å². The lowest BCUT2D eigenvalue weighted by Crippen LogP contribution is -2.42. The number of likely N-dealkylation sites (tertiary alicyclic amines) is 1. The summed E-state index contributed by atoms with van der Waals surface area (Å²) in [5.74, 6) is 0.159. The van der Waals surface area contributed by atoms with Gasteiger partial charge in [-0.25, -0.2) is 0 Å². The highest BCUT2D eigenvalue weighted by atomic mass is 16.2. The SMILES string of the molecule is Cc1ccccc1CC(=O)N[C@@H]1CCc2ccc(C(=O)N3CCC4(CCN(c5ccncc5)CC4)C3)cc21. The van der Waals surface area contributed by atoms with Crippen molar-refractivity contribution in [3.05, 3.63) is 94.8 Å². The first-order chi connectivity index (χ1) is 18.5. The van der Waals surface area contributed by atoms with Crippen molar-refractivity contribution >= 4 is 17.5 Å². The zero-order valence-corrected chi connectivity index (χ0v) is 22.2. The summed E-state index contributed by atoms with van der Waals surface area (Å²) in [7, 11) is 0. The Morgan fingerprint density at radius 2 is 1.76 bits per heavy atom. The number of fused-ring (bicyclic) bond motifs is 1. The molecule has 3 aromatic rings. The molecule has 6 rings (SSSR count). The van der Waals surface area contributed by atoms with E-state index >= 15 is 0 Å². The fourth-order valence-electron chi connectivity index (χ4n) is 6.61. The summed E-state index contributed by atoms with van der Waals surface area (Å²) in [6.45, 7) is 5.74. The Bertz CT molecular complexity index is 1330. The van der Waals surface area contributed by atoms with Crippen LogP contribution in [0.25, 0.3) is 0 Å². The molecule has 1 atom stereocenters. The lowest BCUT2D eigenvalue weighted by atomic mass is 9.77. The van der Waals surface area contributed by atoms with Crippen molar-refractivity contribution in [1.82, 2.24) is 15.2 Å². The molecule has 2 saturated heterocycles. The molecular weight excluding hydrogens is 472 g/mol. The minimum absolute atomic E-state index is 0.0308. The molecule has 1 aliphatic carbocycles. The van der Waals surface area contributed by atoms with Crippen LogP contribution in [-0.4, -0.2) is 47.9 Å². The summed E-state index contributed by atoms with van der Waals surface area (Å²) >= 11 is 0. The van der Waals surface area contributed by atoms with Gasteiger partial charge in [0, 0.05) is 49.8 Å². The van der Waals surface area contributed by atoms with Gasteiger partial charge in [-0.1, -0.05) is 30.3 Å². The summed E-state index contributed by atoms with van der Waals surface area (Å²) in [6.07, 6.45) is 9.19. The fraction of sp³-hybridized carbons (Fsp3) is 0.406. The molecule has 0 saturated carbocycles. The first-order valence-electron chi connectivity index (χ1n) is 13.9. The predicted octanol–water partition coefficient (Wildman–Crippen LogP) is 4.87. The Morgan fingerprint density at radius 3 is 2.55 bits per heavy atom. The average Bonchev–Trinajstić information content (AvgIpc) is 3.54. The van der Waals surface area contributed by atoms with Crippen molar-refractivity contribution in [2.75, 3.05) is 31.1 Å². The third-order valence-electron chi connectivity index (χ3n) is 9.00. The predicted molar refractivity (Wildman–Crippen MR) is 149 cm³/mol. The molecule has 0 radical (unpaired) electrons. The van der Waals surface area contributed by atoms with Gasteiger partial charge in [0.15, 0.2) is 0 Å². The Morgan fingerprint density at radius 1 is 1.00 bits per heavy atom. The van der Waals surface area contributed by atoms with E-state index < -0.39 is 0 Å². The summed E-state index contributed by atoms with van der Waals surface area (Å²) in [6, 6.07) is 18.3. The van der Waals surface area contributed by atoms with Gasteiger partial charge in [-0.2, -0.15) is 0 Å². The van der Waals surface area contributed by atoms with Crippen LogP contribution in [0, 0.1) is 12.3 Å². The van der Waals surface area contributed by atoms with Gasteiger partial charge in [0.2, 0.25) is 5.91 Å². The normalized spacial score (nSPS) is 20.0. The fourth-order valence-corrected chi connectivity index (χ4v) is 6.61. The van der Waals surface area contributed by atoms with Crippen LogP contribution in [0.2, 0.25) is 0 Å². The number of rotatable bonds is 5. The third-order valence-corrected chi connectivity index (χ3v) is 9.00. The van der Waals surface area contributed by atoms with Crippen LogP contribution < -0.4 is 10.2 Å². The van der Waals surface area contributed by atoms with Crippen LogP contribution in [0.5, 0.6) is 0 Å². The van der Waals surface area contributed by atoms with Crippen molar-refractivity contribution in [2.45, 2.75) is 51.5 Å². The van der Waals surface area contributed by atoms with E-state index in [1.807, 2.05) is 55.7 Å². The molecule has 0 unspecified atom stereocenters. The van der Waals surface area contributed by atoms with Gasteiger partial charge in [0.05, 0.1) is 12.5 Å². The molecule has 3 aliphatic rings. The molecule has 0 bridgehead atoms. The standard InChI is InChI=1S/C32H36N4O2/c1-23-4-2-3-5-25(23)21-30(37)34-29-9-8-24-6-7-26(20-28(24)29)31(38)36-19-14-32(22-36)12-17-35(18-13-32)27-10-15-33-16-11-27/h2-7,10-11,15-16,20,29H,8-9,12-14,17-19,21-22H2,1H3,(H,34,37)/t29-/m1/s1. The number of aryl methyl sites for hydroxylation is 2. The highest BCUT2D eigenvalue weighted by Gasteiger charge is 2.42. The number of piperidine rings is 1. The maximum Gasteiger partial charge on any atom is 0.253 e. The first kappa shape index (κ1) is 24.7. The maximum absolute atomic E-state index is 13.6. The van der Waals surface area contributed by atoms with Gasteiger partial charge in [-0.05, 0) is 91.0 Å². The van der Waals surface area contributed by atoms with Crippen LogP contribution in [0.1, 0.15) is 64.3 Å². The van der Waals surface area contributed by atoms with Gasteiger partial charge < -0.3 is 15.1 Å². The number of pyridine rings is 1. The molecule has 3 heterocycles. The average molecular weight is 509 g/mol. The molecule has 6 heteroatoms. The number of hydrogen-bond acceptors (Lipinski definition) is 4. The van der Waals surface area contributed by atoms with Crippen molar-refractivity contribution in [1.29, 1.82) is 0 Å². The Hall–Kier alpha value is -3.67. The van der Waals surface area contributed by atoms with Gasteiger partial charge in [0.1, 0.15) is 0 Å². The number of anilines is 1. The summed E-state index contributed by atoms with van der Waals surface area (Å²) in [5, 5.41) is 3.24. The molecule has 2 amide bonds. The van der Waals surface area contributed by atoms with Crippen LogP contribution in [-0.2, 0) is 17.6 Å². The van der Waals surface area contributed by atoms with E-state index in [2.05, 4.69) is 38.3 Å². The number of nitrogens with zero attached hydrogens (tertiary/aromatic N) is 3. The molecule has 2 aliphatic heterocycles. The van der Waals surface area contributed by atoms with E-state index in [0.717, 1.165) is 80.5 Å². The van der Waals surface area contributed by atoms with E-state index in [1.165, 1.54) is 11.3 Å². The van der Waals surface area contributed by atoms with E-state index in [-0.39, 0.29) is 23.3 Å². The van der Waals surface area contributed by atoms with Crippen molar-refractivity contribution < 1.29 is 9.59 Å². The van der Waals surface area contributed by atoms with Crippen molar-refractivity contribution in [3.63, 3.8) is 0 Å². The van der Waals surface area contributed by atoms with Gasteiger partial charge >= 0.3 is 0 Å². The zero-order valence-electron chi connectivity index (χ0n) is 22.2. The number of hydrogen-bond donors (Lipinski definition) is 1. The maximum atomic E-state index is 13.6. The number of benzene rings is 2. The Balaban J connectivity index is 1.09. The van der Waals surface area contributed by atoms with Gasteiger partial charge in [0.25, 0.3) is 5.91 Å². The summed E-state index contributed by atoms with van der Waals surface area (Å²) < 4.78 is 0. The molecule has 6 nitrogen and oxygen atoms in total. The van der Waals surface area contributed by atoms with Crippen LogP contribution >= 0.6 is 0 Å². The van der Waals surface area contributed by atoms with E-state index in [4.69, 9.17) is 0 Å². The zero-order chi connectivity index (χ0) is 26.1. The summed E-state index contributed by atoms with van der Waals surface area (Å²) in [5.41, 5.74) is 6.74. The topological polar surface area (TPSA) is 65.5 Å². The van der Waals surface area contributed by atoms with Gasteiger partial charge in [-0.15, -0.1) is 0 Å². The second-order valence-electron chi connectivity index (χ2n) is 11.3. The van der Waals surface area contributed by atoms with E-state index in [0.29, 0.717) is 6.42 Å². The third kappa shape index (κ3) is 4.92. The molecular formula is C32H36N4O2. The number of aromatic nitrogens is 1. The van der Waals surface area contributed by atoms with Crippen LogP contribution in [0.4, 0.5) is 5.69 Å². The first-order valence-corrected chi connectivity index (χ1v) is 13.9. The molecule has 1 aromatic heterocycles. The lowest BCUT2D eigenvalue weighted by Gasteiger charge is -2.40. The van der Waals surface area contributed by atoms with Crippen LogP contribution in [0.15, 0.2) is 67.0 Å². The van der Waals surface area contributed by atoms with Crippen molar-refractivity contribution in [3.8, 4) is 0 Å². The van der Waals surface area contributed by atoms with E-state index in [1.54, 1.807) is 0 Å². The minimum Gasteiger partial charge on any atom is -0.371 e. The second-order valence-corrected chi connectivity index (χ2v) is 11.3. The van der Waals surface area contributed by atoms with Crippen LogP contribution in [0.3, 0.4) is 0 Å². The number of carbonyl (C=O) groups excluding carboxylic acids is 2. The van der Waals surface area contributed by atoms with E-state index in [9.17, 15) is 9.59 Å². The second kappa shape index (κ2) is 10.2. The molecule has 38 heavy (non-hydrogen) atoms. The smallest absolute Gasteiger partial charge is 0.253 e. The molecule has 2 aromatic carbocycles. The molecule has 196 valence electrons. The Kier molecular flexibility index (Phi) is 6.64. The number of carbonyl (C=O) groups is 2. The highest BCUT2D eigenvalue weighted by molar-refractivity contribution is 5.95. The van der Waals surface area contributed by atoms with Crippen molar-refractivity contribution in [2.24, 2.45) is 5.41 Å². The highest BCUT2D eigenvalue weighted by Crippen LogP contribution is 2.42. The monoisotopic (exact) mass is 508 g/mol. The number of amides is 2.